The van der Waals surface area contributed by atoms with Crippen molar-refractivity contribution in [1.29, 1.82) is 0 Å². The minimum Gasteiger partial charge on any atom is -0.356 e. The first-order valence-electron chi connectivity index (χ1n) is 7.08. The number of benzene rings is 2. The molecule has 1 atom stereocenters. The van der Waals surface area contributed by atoms with E-state index in [0.717, 1.165) is 6.42 Å². The van der Waals surface area contributed by atoms with E-state index in [2.05, 4.69) is 48.7 Å². The van der Waals surface area contributed by atoms with Gasteiger partial charge in [0.2, 0.25) is 0 Å². The molecule has 0 amide bonds. The summed E-state index contributed by atoms with van der Waals surface area (Å²) in [5.74, 6) is 0. The smallest absolute Gasteiger partial charge is 0.171 e. The fourth-order valence-corrected chi connectivity index (χ4v) is 2.72. The molecule has 2 N–H and O–H groups in total. The van der Waals surface area contributed by atoms with Crippen LogP contribution in [0.5, 0.6) is 0 Å². The van der Waals surface area contributed by atoms with E-state index in [1.165, 1.54) is 11.1 Å². The van der Waals surface area contributed by atoms with Crippen LogP contribution < -0.4 is 10.6 Å². The Bertz CT molecular complexity index is 656. The van der Waals surface area contributed by atoms with Crippen molar-refractivity contribution in [3.05, 3.63) is 63.6 Å². The Labute approximate surface area is 146 Å². The number of thiocarbonyl (C=S) groups is 1. The largest absolute Gasteiger partial charge is 0.356 e. The second-order valence-electron chi connectivity index (χ2n) is 5.09. The molecule has 1 unspecified atom stereocenters. The summed E-state index contributed by atoms with van der Waals surface area (Å²) in [5.41, 5.74) is 3.14. The molecular weight excluding hydrogens is 335 g/mol. The van der Waals surface area contributed by atoms with Crippen LogP contribution in [0.4, 0.5) is 5.69 Å². The van der Waals surface area contributed by atoms with E-state index >= 15 is 0 Å². The Kier molecular flexibility index (Phi) is 6.07. The summed E-state index contributed by atoms with van der Waals surface area (Å²) < 4.78 is 0. The van der Waals surface area contributed by atoms with Gasteiger partial charge in [0.25, 0.3) is 0 Å². The molecule has 0 fully saturated rings. The summed E-state index contributed by atoms with van der Waals surface area (Å²) in [6, 6.07) is 13.8. The van der Waals surface area contributed by atoms with Crippen molar-refractivity contribution >= 4 is 46.2 Å². The number of aryl methyl sites for hydroxylation is 1. The highest BCUT2D eigenvalue weighted by Gasteiger charge is 2.11. The number of rotatable bonds is 4. The Morgan fingerprint density at radius 3 is 2.45 bits per heavy atom. The standard InChI is InChI=1S/C17H18Cl2N2S/c1-3-15(12-6-4-11(2)5-7-12)20-17(22)21-16-10-13(18)8-9-14(16)19/h4-10,15H,3H2,1-2H3,(H2,20,21,22). The van der Waals surface area contributed by atoms with Crippen LogP contribution in [-0.2, 0) is 0 Å². The molecule has 2 rings (SSSR count). The first kappa shape index (κ1) is 17.1. The van der Waals surface area contributed by atoms with Gasteiger partial charge in [-0.15, -0.1) is 0 Å². The second kappa shape index (κ2) is 7.82. The predicted octanol–water partition coefficient (Wildman–Crippen LogP) is 5.74. The molecule has 2 nitrogen and oxygen atoms in total. The molecule has 0 radical (unpaired) electrons. The normalized spacial score (nSPS) is 11.8. The van der Waals surface area contributed by atoms with Crippen molar-refractivity contribution in [2.45, 2.75) is 26.3 Å². The summed E-state index contributed by atoms with van der Waals surface area (Å²) >= 11 is 17.5. The van der Waals surface area contributed by atoms with Gasteiger partial charge in [-0.25, -0.2) is 0 Å². The average molecular weight is 353 g/mol. The van der Waals surface area contributed by atoms with Crippen molar-refractivity contribution in [2.24, 2.45) is 0 Å². The van der Waals surface area contributed by atoms with Gasteiger partial charge in [-0.3, -0.25) is 0 Å². The molecule has 0 aliphatic rings. The third-order valence-corrected chi connectivity index (χ3v) is 4.15. The summed E-state index contributed by atoms with van der Waals surface area (Å²) in [4.78, 5) is 0. The molecule has 0 bridgehead atoms. The maximum atomic E-state index is 6.14. The van der Waals surface area contributed by atoms with Crippen LogP contribution in [0, 0.1) is 6.92 Å². The van der Waals surface area contributed by atoms with Gasteiger partial charge in [0.05, 0.1) is 16.8 Å². The van der Waals surface area contributed by atoms with E-state index in [0.29, 0.717) is 20.8 Å². The molecule has 5 heteroatoms. The number of halogens is 2. The highest BCUT2D eigenvalue weighted by atomic mass is 35.5. The SMILES string of the molecule is CCC(NC(=S)Nc1cc(Cl)ccc1Cl)c1ccc(C)cc1. The van der Waals surface area contributed by atoms with Crippen molar-refractivity contribution in [3.63, 3.8) is 0 Å². The molecule has 0 aliphatic heterocycles. The molecular formula is C17H18Cl2N2S. The van der Waals surface area contributed by atoms with Crippen molar-refractivity contribution in [1.82, 2.24) is 5.32 Å². The van der Waals surface area contributed by atoms with Gasteiger partial charge in [-0.2, -0.15) is 0 Å². The van der Waals surface area contributed by atoms with Crippen LogP contribution in [-0.4, -0.2) is 5.11 Å². The average Bonchev–Trinajstić information content (AvgIpc) is 2.49. The summed E-state index contributed by atoms with van der Waals surface area (Å²) in [7, 11) is 0. The summed E-state index contributed by atoms with van der Waals surface area (Å²) in [6.45, 7) is 4.19. The lowest BCUT2D eigenvalue weighted by molar-refractivity contribution is 0.629. The number of anilines is 1. The van der Waals surface area contributed by atoms with Crippen LogP contribution in [0.3, 0.4) is 0 Å². The maximum Gasteiger partial charge on any atom is 0.171 e. The second-order valence-corrected chi connectivity index (χ2v) is 6.35. The van der Waals surface area contributed by atoms with Crippen molar-refractivity contribution in [2.75, 3.05) is 5.32 Å². The lowest BCUT2D eigenvalue weighted by Crippen LogP contribution is -2.32. The summed E-state index contributed by atoms with van der Waals surface area (Å²) in [6.07, 6.45) is 0.925. The third kappa shape index (κ3) is 4.60. The van der Waals surface area contributed by atoms with Crippen LogP contribution in [0.15, 0.2) is 42.5 Å². The molecule has 22 heavy (non-hydrogen) atoms. The van der Waals surface area contributed by atoms with Crippen LogP contribution >= 0.6 is 35.4 Å². The molecule has 0 saturated carbocycles. The molecule has 0 saturated heterocycles. The van der Waals surface area contributed by atoms with Gasteiger partial charge in [0, 0.05) is 5.02 Å². The Morgan fingerprint density at radius 1 is 1.14 bits per heavy atom. The van der Waals surface area contributed by atoms with Gasteiger partial charge in [-0.05, 0) is 49.3 Å². The van der Waals surface area contributed by atoms with Gasteiger partial charge in [-0.1, -0.05) is 60.0 Å². The van der Waals surface area contributed by atoms with E-state index in [1.807, 2.05) is 0 Å². The molecule has 0 aliphatic carbocycles. The van der Waals surface area contributed by atoms with E-state index in [9.17, 15) is 0 Å². The zero-order chi connectivity index (χ0) is 16.1. The Balaban J connectivity index is 2.06. The predicted molar refractivity (Wildman–Crippen MR) is 100 cm³/mol. The Morgan fingerprint density at radius 2 is 1.82 bits per heavy atom. The zero-order valence-corrected chi connectivity index (χ0v) is 14.8. The fourth-order valence-electron chi connectivity index (χ4n) is 2.13. The van der Waals surface area contributed by atoms with Crippen molar-refractivity contribution < 1.29 is 0 Å². The zero-order valence-electron chi connectivity index (χ0n) is 12.5. The molecule has 2 aromatic carbocycles. The van der Waals surface area contributed by atoms with Crippen molar-refractivity contribution in [3.8, 4) is 0 Å². The molecule has 0 heterocycles. The summed E-state index contributed by atoms with van der Waals surface area (Å²) in [5, 5.41) is 8.13. The maximum absolute atomic E-state index is 6.14. The topological polar surface area (TPSA) is 24.1 Å². The first-order valence-corrected chi connectivity index (χ1v) is 8.25. The van der Waals surface area contributed by atoms with E-state index in [4.69, 9.17) is 35.4 Å². The lowest BCUT2D eigenvalue weighted by Gasteiger charge is -2.20. The van der Waals surface area contributed by atoms with Gasteiger partial charge in [0.1, 0.15) is 0 Å². The molecule has 0 aromatic heterocycles. The van der Waals surface area contributed by atoms with E-state index in [1.54, 1.807) is 18.2 Å². The molecule has 116 valence electrons. The van der Waals surface area contributed by atoms with Gasteiger partial charge >= 0.3 is 0 Å². The van der Waals surface area contributed by atoms with Crippen LogP contribution in [0.1, 0.15) is 30.5 Å². The molecule has 2 aromatic rings. The van der Waals surface area contributed by atoms with E-state index < -0.39 is 0 Å². The Hall–Kier alpha value is -1.29. The van der Waals surface area contributed by atoms with Gasteiger partial charge < -0.3 is 10.6 Å². The van der Waals surface area contributed by atoms with E-state index in [-0.39, 0.29) is 6.04 Å². The van der Waals surface area contributed by atoms with Crippen LogP contribution in [0.2, 0.25) is 10.0 Å². The number of hydrogen-bond acceptors (Lipinski definition) is 1. The molecule has 0 spiro atoms. The lowest BCUT2D eigenvalue weighted by atomic mass is 10.0. The highest BCUT2D eigenvalue weighted by Crippen LogP contribution is 2.25. The monoisotopic (exact) mass is 352 g/mol. The minimum atomic E-state index is 0.151. The quantitative estimate of drug-likeness (QED) is 0.686. The number of nitrogens with one attached hydrogen (secondary N) is 2. The third-order valence-electron chi connectivity index (χ3n) is 3.37. The fraction of sp³-hybridized carbons (Fsp3) is 0.235. The first-order chi connectivity index (χ1) is 10.5. The van der Waals surface area contributed by atoms with Gasteiger partial charge in [0.15, 0.2) is 5.11 Å². The van der Waals surface area contributed by atoms with Crippen LogP contribution in [0.25, 0.3) is 0 Å². The minimum absolute atomic E-state index is 0.151. The highest BCUT2D eigenvalue weighted by molar-refractivity contribution is 7.80. The number of hydrogen-bond donors (Lipinski definition) is 2.